The lowest BCUT2D eigenvalue weighted by Gasteiger charge is -2.41. The summed E-state index contributed by atoms with van der Waals surface area (Å²) in [6.07, 6.45) is 24.0. The number of unbranched alkanes of at least 4 members (excludes halogenated alkanes) is 25. The molecule has 0 bridgehead atoms. The van der Waals surface area contributed by atoms with Crippen LogP contribution in [0.2, 0.25) is 0 Å². The monoisotopic (exact) mass is 865 g/mol. The highest BCUT2D eigenvalue weighted by molar-refractivity contribution is 7.47. The van der Waals surface area contributed by atoms with Gasteiger partial charge in [-0.15, -0.1) is 0 Å². The van der Waals surface area contributed by atoms with Crippen LogP contribution in [0, 0.1) is 0 Å². The molecule has 1 aliphatic carbocycles. The van der Waals surface area contributed by atoms with E-state index in [4.69, 9.17) is 18.5 Å². The van der Waals surface area contributed by atoms with E-state index in [1.54, 1.807) is 0 Å². The normalized spacial score (nSPS) is 22.4. The minimum atomic E-state index is -5.11. The third-order valence-corrected chi connectivity index (χ3v) is 12.1. The molecule has 1 rings (SSSR count). The maximum atomic E-state index is 12.8. The van der Waals surface area contributed by atoms with Crippen LogP contribution in [0.25, 0.3) is 0 Å². The van der Waals surface area contributed by atoms with Crippen LogP contribution in [-0.4, -0.2) is 98.3 Å². The van der Waals surface area contributed by atoms with E-state index in [0.29, 0.717) is 12.8 Å². The van der Waals surface area contributed by atoms with Gasteiger partial charge in [0, 0.05) is 12.8 Å². The lowest BCUT2D eigenvalue weighted by atomic mass is 9.85. The van der Waals surface area contributed by atoms with Crippen LogP contribution < -0.4 is 0 Å². The molecule has 0 saturated heterocycles. The minimum Gasteiger partial charge on any atom is -0.462 e. The van der Waals surface area contributed by atoms with Crippen molar-refractivity contribution in [1.29, 1.82) is 0 Å². The molecule has 0 aromatic carbocycles. The van der Waals surface area contributed by atoms with Gasteiger partial charge in [0.25, 0.3) is 0 Å². The predicted molar refractivity (Wildman–Crippen MR) is 231 cm³/mol. The molecule has 1 aliphatic rings. The van der Waals surface area contributed by atoms with Gasteiger partial charge in [-0.05, 0) is 32.1 Å². The van der Waals surface area contributed by atoms with Gasteiger partial charge in [0.05, 0.1) is 6.61 Å². The maximum absolute atomic E-state index is 12.8. The third-order valence-electron chi connectivity index (χ3n) is 11.1. The Labute approximate surface area is 356 Å². The zero-order valence-electron chi connectivity index (χ0n) is 36.8. The van der Waals surface area contributed by atoms with Crippen molar-refractivity contribution in [1.82, 2.24) is 0 Å². The van der Waals surface area contributed by atoms with Crippen molar-refractivity contribution in [2.24, 2.45) is 0 Å². The van der Waals surface area contributed by atoms with E-state index in [9.17, 15) is 44.6 Å². The third kappa shape index (κ3) is 28.7. The molecular formula is C45H85O13P. The second-order valence-electron chi connectivity index (χ2n) is 16.6. The maximum Gasteiger partial charge on any atom is 0.472 e. The fraction of sp³-hybridized carbons (Fsp3) is 0.911. The molecule has 0 amide bonds. The Hall–Kier alpha value is -1.41. The number of aliphatic hydroxyl groups is 5. The number of carbonyl (C=O) groups is 2. The van der Waals surface area contributed by atoms with Crippen LogP contribution in [-0.2, 0) is 32.7 Å². The van der Waals surface area contributed by atoms with E-state index in [-0.39, 0.29) is 12.8 Å². The van der Waals surface area contributed by atoms with E-state index in [1.807, 2.05) is 0 Å². The Morgan fingerprint density at radius 3 is 1.34 bits per heavy atom. The first-order valence-corrected chi connectivity index (χ1v) is 25.0. The van der Waals surface area contributed by atoms with Gasteiger partial charge in [0.2, 0.25) is 0 Å². The molecule has 0 spiro atoms. The SMILES string of the molecule is CCCC/C=C/CCCCCCCCCCCC(=O)O[C@H](COC(=O)CCCCCCCCCCCCCCCCC)COP(=O)(O)OC1C(O)C(O)C(O)[C@@H](O)C1O. The van der Waals surface area contributed by atoms with Gasteiger partial charge in [-0.2, -0.15) is 0 Å². The summed E-state index contributed by atoms with van der Waals surface area (Å²) >= 11 is 0. The number of phosphoric acid groups is 1. The smallest absolute Gasteiger partial charge is 0.462 e. The van der Waals surface area contributed by atoms with Crippen LogP contribution in [0.4, 0.5) is 0 Å². The topological polar surface area (TPSA) is 210 Å². The molecule has 6 unspecified atom stereocenters. The van der Waals surface area contributed by atoms with Crippen molar-refractivity contribution >= 4 is 19.8 Å². The Balaban J connectivity index is 2.44. The standard InChI is InChI=1S/C45H85O13P/c1-3-5-7-9-11-13-15-17-19-21-23-25-27-29-31-33-38(46)55-35-37(36-56-59(53,54)58-45-43(51)41(49)40(48)42(50)44(45)52)57-39(47)34-32-30-28-26-24-22-20-18-16-14-12-10-8-6-4-2/h10,12,37,40-45,48-52H,3-9,11,13-36H2,1-2H3,(H,53,54)/b12-10+/t37-,40?,41-,42?,43?,44?,45?/m1/s1. The molecule has 6 N–H and O–H groups in total. The summed E-state index contributed by atoms with van der Waals surface area (Å²) in [7, 11) is -5.11. The van der Waals surface area contributed by atoms with E-state index >= 15 is 0 Å². The Morgan fingerprint density at radius 1 is 0.508 bits per heavy atom. The average Bonchev–Trinajstić information content (AvgIpc) is 3.21. The summed E-state index contributed by atoms with van der Waals surface area (Å²) in [5.74, 6) is -1.09. The number of aliphatic hydroxyl groups excluding tert-OH is 5. The molecule has 1 saturated carbocycles. The first-order valence-electron chi connectivity index (χ1n) is 23.5. The van der Waals surface area contributed by atoms with E-state index in [1.165, 1.54) is 116 Å². The highest BCUT2D eigenvalue weighted by Crippen LogP contribution is 2.47. The van der Waals surface area contributed by atoms with Gasteiger partial charge >= 0.3 is 19.8 Å². The van der Waals surface area contributed by atoms with E-state index in [2.05, 4.69) is 26.0 Å². The summed E-state index contributed by atoms with van der Waals surface area (Å²) in [5.41, 5.74) is 0. The highest BCUT2D eigenvalue weighted by Gasteiger charge is 2.51. The largest absolute Gasteiger partial charge is 0.472 e. The molecule has 1 fully saturated rings. The molecule has 0 aromatic rings. The van der Waals surface area contributed by atoms with E-state index in [0.717, 1.165) is 51.4 Å². The van der Waals surface area contributed by atoms with Crippen molar-refractivity contribution in [3.63, 3.8) is 0 Å². The molecule has 0 aliphatic heterocycles. The first kappa shape index (κ1) is 55.6. The van der Waals surface area contributed by atoms with Crippen LogP contribution in [0.15, 0.2) is 12.2 Å². The van der Waals surface area contributed by atoms with Crippen molar-refractivity contribution in [2.45, 2.75) is 249 Å². The highest BCUT2D eigenvalue weighted by atomic mass is 31.2. The zero-order chi connectivity index (χ0) is 43.6. The van der Waals surface area contributed by atoms with Gasteiger partial charge in [0.15, 0.2) is 6.10 Å². The summed E-state index contributed by atoms with van der Waals surface area (Å²) in [5, 5.41) is 50.1. The molecule has 13 nitrogen and oxygen atoms in total. The van der Waals surface area contributed by atoms with Crippen molar-refractivity contribution in [3.05, 3.63) is 12.2 Å². The summed E-state index contributed by atoms with van der Waals surface area (Å²) < 4.78 is 33.5. The number of esters is 2. The predicted octanol–water partition coefficient (Wildman–Crippen LogP) is 9.06. The van der Waals surface area contributed by atoms with Crippen LogP contribution >= 0.6 is 7.82 Å². The summed E-state index contributed by atoms with van der Waals surface area (Å²) in [6, 6.07) is 0. The number of allylic oxidation sites excluding steroid dienone is 2. The lowest BCUT2D eigenvalue weighted by Crippen LogP contribution is -2.64. The fourth-order valence-electron chi connectivity index (χ4n) is 7.27. The summed E-state index contributed by atoms with van der Waals surface area (Å²) in [4.78, 5) is 35.7. The van der Waals surface area contributed by atoms with Crippen LogP contribution in [0.5, 0.6) is 0 Å². The first-order chi connectivity index (χ1) is 28.4. The Kier molecular flexibility index (Phi) is 34.0. The van der Waals surface area contributed by atoms with E-state index < -0.39 is 75.7 Å². The van der Waals surface area contributed by atoms with Crippen molar-refractivity contribution in [3.8, 4) is 0 Å². The van der Waals surface area contributed by atoms with Gasteiger partial charge in [-0.25, -0.2) is 4.57 Å². The number of carbonyl (C=O) groups excluding carboxylic acids is 2. The Morgan fingerprint density at radius 2 is 0.881 bits per heavy atom. The number of hydrogen-bond donors (Lipinski definition) is 6. The lowest BCUT2D eigenvalue weighted by molar-refractivity contribution is -0.220. The fourth-order valence-corrected chi connectivity index (χ4v) is 8.24. The summed E-state index contributed by atoms with van der Waals surface area (Å²) in [6.45, 7) is 3.28. The van der Waals surface area contributed by atoms with Crippen LogP contribution in [0.3, 0.4) is 0 Å². The molecule has 0 aromatic heterocycles. The minimum absolute atomic E-state index is 0.0984. The number of hydrogen-bond acceptors (Lipinski definition) is 12. The number of rotatable bonds is 39. The molecule has 0 radical (unpaired) electrons. The van der Waals surface area contributed by atoms with Gasteiger partial charge in [-0.1, -0.05) is 174 Å². The van der Waals surface area contributed by atoms with Gasteiger partial charge < -0.3 is 39.9 Å². The second-order valence-corrected chi connectivity index (χ2v) is 18.0. The molecular weight excluding hydrogens is 779 g/mol. The zero-order valence-corrected chi connectivity index (χ0v) is 37.7. The Bertz CT molecular complexity index is 1090. The van der Waals surface area contributed by atoms with Gasteiger partial charge in [0.1, 0.15) is 43.2 Å². The molecule has 0 heterocycles. The number of ether oxygens (including phenoxy) is 2. The van der Waals surface area contributed by atoms with Crippen LogP contribution in [0.1, 0.15) is 206 Å². The molecule has 59 heavy (non-hydrogen) atoms. The van der Waals surface area contributed by atoms with Gasteiger partial charge in [-0.3, -0.25) is 18.6 Å². The molecule has 348 valence electrons. The number of phosphoric ester groups is 1. The van der Waals surface area contributed by atoms with Crippen molar-refractivity contribution < 1.29 is 63.1 Å². The quantitative estimate of drug-likeness (QED) is 0.0148. The average molecular weight is 865 g/mol. The second kappa shape index (κ2) is 36.1. The molecule has 14 heteroatoms. The molecule has 8 atom stereocenters. The van der Waals surface area contributed by atoms with Crippen molar-refractivity contribution in [2.75, 3.05) is 13.2 Å².